The number of pyridine rings is 1. The van der Waals surface area contributed by atoms with Gasteiger partial charge in [-0.1, -0.05) is 26.2 Å². The minimum absolute atomic E-state index is 0.0373. The number of aromatic nitrogens is 1. The van der Waals surface area contributed by atoms with Crippen molar-refractivity contribution in [2.75, 3.05) is 30.1 Å². The van der Waals surface area contributed by atoms with Crippen LogP contribution in [0.5, 0.6) is 0 Å². The highest BCUT2D eigenvalue weighted by atomic mass is 32.2. The highest BCUT2D eigenvalue weighted by Gasteiger charge is 2.35. The van der Waals surface area contributed by atoms with E-state index in [1.165, 1.54) is 38.6 Å². The minimum Gasteiger partial charge on any atom is -0.310 e. The molecule has 1 N–H and O–H groups in total. The van der Waals surface area contributed by atoms with Crippen LogP contribution in [-0.2, 0) is 16.6 Å². The molecule has 1 aromatic heterocycles. The van der Waals surface area contributed by atoms with Crippen molar-refractivity contribution in [3.05, 3.63) is 28.2 Å². The molecule has 0 aromatic carbocycles. The molecular weight excluding hydrogens is 374 g/mol. The summed E-state index contributed by atoms with van der Waals surface area (Å²) in [6.07, 6.45) is 8.54. The Morgan fingerprint density at radius 3 is 2.64 bits per heavy atom. The largest absolute Gasteiger partial charge is 0.310 e. The fourth-order valence-electron chi connectivity index (χ4n) is 5.49. The molecule has 7 heteroatoms. The molecule has 156 valence electrons. The molecule has 3 aliphatic rings. The molecule has 6 nitrogen and oxygen atoms in total. The second-order valence-electron chi connectivity index (χ2n) is 9.03. The molecule has 2 unspecified atom stereocenters. The Labute approximate surface area is 168 Å². The van der Waals surface area contributed by atoms with Gasteiger partial charge in [-0.15, -0.1) is 0 Å². The van der Waals surface area contributed by atoms with Gasteiger partial charge in [0.2, 0.25) is 10.0 Å². The van der Waals surface area contributed by atoms with E-state index >= 15 is 0 Å². The van der Waals surface area contributed by atoms with E-state index in [1.807, 2.05) is 17.6 Å². The van der Waals surface area contributed by atoms with Crippen LogP contribution >= 0.6 is 0 Å². The van der Waals surface area contributed by atoms with Crippen LogP contribution in [0.15, 0.2) is 16.9 Å². The van der Waals surface area contributed by atoms with E-state index in [0.717, 1.165) is 31.1 Å². The van der Waals surface area contributed by atoms with E-state index in [-0.39, 0.29) is 17.0 Å². The number of hydrogen-bond donors (Lipinski definition) is 1. The number of likely N-dealkylation sites (tertiary alicyclic amines) is 1. The lowest BCUT2D eigenvalue weighted by Gasteiger charge is -2.44. The van der Waals surface area contributed by atoms with E-state index < -0.39 is 10.0 Å². The normalized spacial score (nSPS) is 26.0. The Morgan fingerprint density at radius 2 is 1.89 bits per heavy atom. The predicted molar refractivity (Wildman–Crippen MR) is 112 cm³/mol. The van der Waals surface area contributed by atoms with Crippen molar-refractivity contribution in [2.45, 2.75) is 64.3 Å². The lowest BCUT2D eigenvalue weighted by molar-refractivity contribution is 0.0968. The maximum absolute atomic E-state index is 12.9. The fraction of sp³-hybridized carbons (Fsp3) is 0.762. The van der Waals surface area contributed by atoms with Crippen molar-refractivity contribution in [1.82, 2.24) is 9.47 Å². The zero-order valence-electron chi connectivity index (χ0n) is 16.9. The first kappa shape index (κ1) is 20.0. The van der Waals surface area contributed by atoms with E-state index in [4.69, 9.17) is 0 Å². The molecule has 4 rings (SSSR count). The Balaban J connectivity index is 1.51. The smallest absolute Gasteiger partial charge is 0.275 e. The van der Waals surface area contributed by atoms with Gasteiger partial charge in [0.1, 0.15) is 5.69 Å². The van der Waals surface area contributed by atoms with Crippen molar-refractivity contribution in [3.63, 3.8) is 0 Å². The summed E-state index contributed by atoms with van der Waals surface area (Å²) in [5.74, 6) is 1.74. The van der Waals surface area contributed by atoms with Crippen molar-refractivity contribution in [1.29, 1.82) is 0 Å². The number of sulfonamides is 1. The summed E-state index contributed by atoms with van der Waals surface area (Å²) in [6.45, 7) is 5.80. The third-order valence-electron chi connectivity index (χ3n) is 6.66. The summed E-state index contributed by atoms with van der Waals surface area (Å²) in [6, 6.07) is 3.64. The molecule has 0 amide bonds. The van der Waals surface area contributed by atoms with Gasteiger partial charge < -0.3 is 9.47 Å². The van der Waals surface area contributed by atoms with Crippen LogP contribution in [0.2, 0.25) is 0 Å². The first-order valence-corrected chi connectivity index (χ1v) is 12.6. The van der Waals surface area contributed by atoms with Crippen LogP contribution in [0.25, 0.3) is 0 Å². The number of hydrogen-bond acceptors (Lipinski definition) is 4. The molecule has 1 aromatic rings. The first-order chi connectivity index (χ1) is 13.4. The van der Waals surface area contributed by atoms with Crippen molar-refractivity contribution >= 4 is 15.7 Å². The third-order valence-corrected chi connectivity index (χ3v) is 8.14. The predicted octanol–water partition coefficient (Wildman–Crippen LogP) is 3.00. The van der Waals surface area contributed by atoms with Crippen LogP contribution in [0.1, 0.15) is 63.5 Å². The fourth-order valence-corrected chi connectivity index (χ4v) is 6.62. The molecule has 0 radical (unpaired) electrons. The number of nitrogens with one attached hydrogen (secondary N) is 1. The average Bonchev–Trinajstić information content (AvgIpc) is 2.65. The van der Waals surface area contributed by atoms with Crippen LogP contribution < -0.4 is 10.3 Å². The van der Waals surface area contributed by atoms with Gasteiger partial charge in [-0.05, 0) is 49.7 Å². The maximum Gasteiger partial charge on any atom is 0.275 e. The zero-order valence-corrected chi connectivity index (χ0v) is 17.7. The van der Waals surface area contributed by atoms with Crippen LogP contribution in [0, 0.1) is 11.8 Å². The van der Waals surface area contributed by atoms with E-state index in [2.05, 4.69) is 9.62 Å². The highest BCUT2D eigenvalue weighted by Crippen LogP contribution is 2.36. The van der Waals surface area contributed by atoms with Gasteiger partial charge in [-0.2, -0.15) is 0 Å². The molecular formula is C21H33N3O3S. The van der Waals surface area contributed by atoms with Gasteiger partial charge in [0.05, 0.1) is 5.75 Å². The molecule has 1 aliphatic carbocycles. The Kier molecular flexibility index (Phi) is 5.83. The quantitative estimate of drug-likeness (QED) is 0.787. The Morgan fingerprint density at radius 1 is 1.11 bits per heavy atom. The highest BCUT2D eigenvalue weighted by molar-refractivity contribution is 7.92. The molecule has 1 saturated carbocycles. The number of fused-ring (bicyclic) bond motifs is 4. The van der Waals surface area contributed by atoms with E-state index in [0.29, 0.717) is 24.8 Å². The van der Waals surface area contributed by atoms with Crippen molar-refractivity contribution in [3.8, 4) is 0 Å². The molecule has 2 atom stereocenters. The van der Waals surface area contributed by atoms with Gasteiger partial charge in [-0.3, -0.25) is 9.52 Å². The van der Waals surface area contributed by atoms with E-state index in [1.54, 1.807) is 6.07 Å². The first-order valence-electron chi connectivity index (χ1n) is 10.9. The molecule has 28 heavy (non-hydrogen) atoms. The van der Waals surface area contributed by atoms with Crippen LogP contribution in [0.4, 0.5) is 5.69 Å². The zero-order chi connectivity index (χ0) is 19.7. The average molecular weight is 408 g/mol. The van der Waals surface area contributed by atoms with Gasteiger partial charge in [-0.25, -0.2) is 8.42 Å². The minimum atomic E-state index is -3.45. The third kappa shape index (κ3) is 4.30. The Hall–Kier alpha value is -1.34. The summed E-state index contributed by atoms with van der Waals surface area (Å²) >= 11 is 0. The summed E-state index contributed by atoms with van der Waals surface area (Å²) in [7, 11) is -3.45. The molecule has 2 bridgehead atoms. The lowest BCUT2D eigenvalue weighted by atomic mass is 9.81. The number of rotatable bonds is 6. The summed E-state index contributed by atoms with van der Waals surface area (Å²) in [5.41, 5.74) is 1.08. The van der Waals surface area contributed by atoms with Gasteiger partial charge >= 0.3 is 0 Å². The van der Waals surface area contributed by atoms with E-state index in [9.17, 15) is 13.2 Å². The molecule has 0 spiro atoms. The molecule has 2 aliphatic heterocycles. The SMILES string of the molecule is CCCS(=O)(=O)Nc1ccc2n(c1=O)CC1CC2CN(CC2CCCCC2)C1. The maximum atomic E-state index is 12.9. The summed E-state index contributed by atoms with van der Waals surface area (Å²) < 4.78 is 28.5. The second-order valence-corrected chi connectivity index (χ2v) is 10.9. The van der Waals surface area contributed by atoms with Gasteiger partial charge in [0.25, 0.3) is 5.56 Å². The molecule has 3 heterocycles. The van der Waals surface area contributed by atoms with Crippen molar-refractivity contribution in [2.24, 2.45) is 11.8 Å². The van der Waals surface area contributed by atoms with Crippen LogP contribution in [-0.4, -0.2) is 43.3 Å². The van der Waals surface area contributed by atoms with Gasteiger partial charge in [0.15, 0.2) is 0 Å². The number of nitrogens with zero attached hydrogens (tertiary/aromatic N) is 2. The number of piperidine rings is 1. The Bertz CT molecular complexity index is 858. The number of anilines is 1. The van der Waals surface area contributed by atoms with Gasteiger partial charge in [0, 0.05) is 37.8 Å². The standard InChI is InChI=1S/C21H33N3O3S/c1-2-10-28(26,27)22-19-8-9-20-18-11-17(14-24(20)21(19)25)13-23(15-18)12-16-6-4-3-5-7-16/h8-9,16-18,22H,2-7,10-15H2,1H3. The molecule has 1 saturated heterocycles. The topological polar surface area (TPSA) is 71.4 Å². The summed E-state index contributed by atoms with van der Waals surface area (Å²) in [4.78, 5) is 15.6. The summed E-state index contributed by atoms with van der Waals surface area (Å²) in [5, 5.41) is 0. The monoisotopic (exact) mass is 407 g/mol. The lowest BCUT2D eigenvalue weighted by Crippen LogP contribution is -2.48. The van der Waals surface area contributed by atoms with Crippen molar-refractivity contribution < 1.29 is 8.42 Å². The molecule has 2 fully saturated rings. The van der Waals surface area contributed by atoms with Crippen LogP contribution in [0.3, 0.4) is 0 Å². The second kappa shape index (κ2) is 8.19.